The van der Waals surface area contributed by atoms with Gasteiger partial charge >= 0.3 is 0 Å². The zero-order valence-electron chi connectivity index (χ0n) is 15.2. The van der Waals surface area contributed by atoms with Gasteiger partial charge in [-0.3, -0.25) is 10.2 Å². The molecule has 0 saturated heterocycles. The number of nitrogens with one attached hydrogen (secondary N) is 3. The first kappa shape index (κ1) is 21.1. The van der Waals surface area contributed by atoms with Gasteiger partial charge in [0.1, 0.15) is 17.5 Å². The Balaban J connectivity index is 2.04. The molecule has 0 aliphatic carbocycles. The van der Waals surface area contributed by atoms with Crippen molar-refractivity contribution in [3.8, 4) is 0 Å². The van der Waals surface area contributed by atoms with Crippen molar-refractivity contribution < 1.29 is 17.6 Å². The summed E-state index contributed by atoms with van der Waals surface area (Å²) in [5.41, 5.74) is 8.61. The van der Waals surface area contributed by atoms with Crippen molar-refractivity contribution in [2.24, 2.45) is 10.9 Å². The van der Waals surface area contributed by atoms with E-state index in [1.807, 2.05) is 11.6 Å². The molecule has 1 amide bonds. The number of hydrogen-bond acceptors (Lipinski definition) is 6. The van der Waals surface area contributed by atoms with E-state index in [2.05, 4.69) is 27.9 Å². The molecule has 0 radical (unpaired) electrons. The van der Waals surface area contributed by atoms with E-state index in [0.29, 0.717) is 22.4 Å². The molecule has 0 saturated carbocycles. The zero-order valence-corrected chi connectivity index (χ0v) is 18.2. The third-order valence-electron chi connectivity index (χ3n) is 4.19. The Bertz CT molecular complexity index is 1200. The number of nitrogen functional groups attached to an aromatic ring is 1. The van der Waals surface area contributed by atoms with Gasteiger partial charge in [0, 0.05) is 16.6 Å². The quantitative estimate of drug-likeness (QED) is 0.187. The fourth-order valence-corrected chi connectivity index (χ4v) is 3.99. The van der Waals surface area contributed by atoms with Gasteiger partial charge in [-0.15, -0.1) is 0 Å². The van der Waals surface area contributed by atoms with Crippen molar-refractivity contribution in [3.63, 3.8) is 0 Å². The fraction of sp³-hybridized carbons (Fsp3) is 0.111. The summed E-state index contributed by atoms with van der Waals surface area (Å²) in [7, 11) is -4.24. The van der Waals surface area contributed by atoms with E-state index >= 15 is 0 Å². The van der Waals surface area contributed by atoms with Crippen LogP contribution in [0.1, 0.15) is 22.7 Å². The SMILES string of the molecule is Cc1coc2c(I)cc(C(Nc3ccc(C(=N)N)cc3)C(=O)NS(N)(=O)=O)cc12. The van der Waals surface area contributed by atoms with E-state index in [1.54, 1.807) is 42.7 Å². The number of amidine groups is 1. The molecule has 0 bridgehead atoms. The second-order valence-corrected chi connectivity index (χ2v) is 8.83. The number of benzene rings is 2. The van der Waals surface area contributed by atoms with Crippen molar-refractivity contribution in [1.82, 2.24) is 4.72 Å². The van der Waals surface area contributed by atoms with Crippen molar-refractivity contribution in [2.45, 2.75) is 13.0 Å². The molecule has 0 aliphatic heterocycles. The first-order valence-electron chi connectivity index (χ1n) is 8.28. The molecule has 0 spiro atoms. The van der Waals surface area contributed by atoms with Crippen LogP contribution in [-0.2, 0) is 15.0 Å². The van der Waals surface area contributed by atoms with E-state index in [9.17, 15) is 13.2 Å². The summed E-state index contributed by atoms with van der Waals surface area (Å²) >= 11 is 2.09. The molecule has 9 nitrogen and oxygen atoms in total. The maximum atomic E-state index is 12.7. The molecular formula is C18H18IN5O4S. The van der Waals surface area contributed by atoms with Gasteiger partial charge in [0.25, 0.3) is 16.1 Å². The number of hydrogen-bond donors (Lipinski definition) is 5. The van der Waals surface area contributed by atoms with Gasteiger partial charge in [0.15, 0.2) is 0 Å². The van der Waals surface area contributed by atoms with Crippen LogP contribution in [0.3, 0.4) is 0 Å². The second kappa shape index (κ2) is 8.00. The number of halogens is 1. The molecule has 0 aliphatic rings. The molecule has 1 heterocycles. The largest absolute Gasteiger partial charge is 0.463 e. The second-order valence-electron chi connectivity index (χ2n) is 6.38. The average molecular weight is 527 g/mol. The summed E-state index contributed by atoms with van der Waals surface area (Å²) in [4.78, 5) is 12.7. The Hall–Kier alpha value is -2.64. The molecule has 0 fully saturated rings. The number of fused-ring (bicyclic) bond motifs is 1. The molecule has 29 heavy (non-hydrogen) atoms. The van der Waals surface area contributed by atoms with Gasteiger partial charge in [0.2, 0.25) is 0 Å². The molecular weight excluding hydrogens is 509 g/mol. The van der Waals surface area contributed by atoms with E-state index in [0.717, 1.165) is 14.5 Å². The summed E-state index contributed by atoms with van der Waals surface area (Å²) in [5, 5.41) is 16.3. The topological polar surface area (TPSA) is 164 Å². The number of anilines is 1. The van der Waals surface area contributed by atoms with Crippen molar-refractivity contribution in [3.05, 3.63) is 62.9 Å². The molecule has 3 rings (SSSR count). The average Bonchev–Trinajstić information content (AvgIpc) is 3.00. The van der Waals surface area contributed by atoms with Crippen LogP contribution in [-0.4, -0.2) is 20.2 Å². The molecule has 11 heteroatoms. The molecule has 2 aromatic carbocycles. The van der Waals surface area contributed by atoms with Crippen molar-refractivity contribution in [1.29, 1.82) is 5.41 Å². The number of amides is 1. The Labute approximate surface area is 180 Å². The standard InChI is InChI=1S/C18H18IN5O4S/c1-9-8-28-16-13(9)6-11(7-14(16)19)15(18(25)24-29(22,26)27)23-12-4-2-10(3-5-12)17(20)21/h2-8,15,23H,1H3,(H3,20,21)(H,24,25)(H2,22,26,27). The Morgan fingerprint density at radius 1 is 1.24 bits per heavy atom. The summed E-state index contributed by atoms with van der Waals surface area (Å²) in [6, 6.07) is 8.96. The van der Waals surface area contributed by atoms with Crippen molar-refractivity contribution in [2.75, 3.05) is 5.32 Å². The molecule has 1 atom stereocenters. The number of carbonyl (C=O) groups excluding carboxylic acids is 1. The molecule has 1 aromatic heterocycles. The lowest BCUT2D eigenvalue weighted by Gasteiger charge is -2.20. The number of aryl methyl sites for hydroxylation is 1. The van der Waals surface area contributed by atoms with Crippen LogP contribution >= 0.6 is 22.6 Å². The normalized spacial score (nSPS) is 12.5. The minimum atomic E-state index is -4.24. The molecule has 1 unspecified atom stereocenters. The van der Waals surface area contributed by atoms with Crippen LogP contribution in [0.2, 0.25) is 0 Å². The summed E-state index contributed by atoms with van der Waals surface area (Å²) in [5.74, 6) is -0.921. The lowest BCUT2D eigenvalue weighted by atomic mass is 10.0. The zero-order chi connectivity index (χ0) is 21.3. The molecule has 3 aromatic rings. The number of nitrogens with two attached hydrogens (primary N) is 2. The maximum Gasteiger partial charge on any atom is 0.298 e. The first-order valence-corrected chi connectivity index (χ1v) is 10.9. The molecule has 7 N–H and O–H groups in total. The van der Waals surface area contributed by atoms with Gasteiger partial charge in [-0.25, -0.2) is 9.86 Å². The van der Waals surface area contributed by atoms with E-state index in [-0.39, 0.29) is 5.84 Å². The highest BCUT2D eigenvalue weighted by Gasteiger charge is 2.25. The lowest BCUT2D eigenvalue weighted by molar-refractivity contribution is -0.120. The van der Waals surface area contributed by atoms with Crippen LogP contribution < -0.4 is 20.9 Å². The predicted octanol–water partition coefficient (Wildman–Crippen LogP) is 2.10. The van der Waals surface area contributed by atoms with Gasteiger partial charge in [-0.2, -0.15) is 8.42 Å². The predicted molar refractivity (Wildman–Crippen MR) is 119 cm³/mol. The summed E-state index contributed by atoms with van der Waals surface area (Å²) in [6.07, 6.45) is 1.62. The minimum absolute atomic E-state index is 0.0875. The minimum Gasteiger partial charge on any atom is -0.463 e. The van der Waals surface area contributed by atoms with Crippen LogP contribution in [0.5, 0.6) is 0 Å². The van der Waals surface area contributed by atoms with Gasteiger partial charge in [-0.1, -0.05) is 0 Å². The highest BCUT2D eigenvalue weighted by molar-refractivity contribution is 14.1. The Kier molecular flexibility index (Phi) is 5.82. The Morgan fingerprint density at radius 3 is 2.48 bits per heavy atom. The highest BCUT2D eigenvalue weighted by atomic mass is 127. The summed E-state index contributed by atoms with van der Waals surface area (Å²) < 4.78 is 30.9. The van der Waals surface area contributed by atoms with Crippen LogP contribution in [0, 0.1) is 15.9 Å². The van der Waals surface area contributed by atoms with Crippen LogP contribution in [0.4, 0.5) is 5.69 Å². The monoisotopic (exact) mass is 527 g/mol. The van der Waals surface area contributed by atoms with Crippen LogP contribution in [0.25, 0.3) is 11.0 Å². The van der Waals surface area contributed by atoms with E-state index in [1.165, 1.54) is 0 Å². The summed E-state index contributed by atoms with van der Waals surface area (Å²) in [6.45, 7) is 1.87. The third kappa shape index (κ3) is 4.86. The first-order chi connectivity index (χ1) is 13.5. The maximum absolute atomic E-state index is 12.7. The van der Waals surface area contributed by atoms with E-state index < -0.39 is 22.2 Å². The number of rotatable bonds is 6. The fourth-order valence-electron chi connectivity index (χ4n) is 2.82. The highest BCUT2D eigenvalue weighted by Crippen LogP contribution is 2.31. The Morgan fingerprint density at radius 2 is 1.90 bits per heavy atom. The smallest absolute Gasteiger partial charge is 0.298 e. The lowest BCUT2D eigenvalue weighted by Crippen LogP contribution is -2.41. The number of furan rings is 1. The third-order valence-corrected chi connectivity index (χ3v) is 5.48. The van der Waals surface area contributed by atoms with Gasteiger partial charge < -0.3 is 15.5 Å². The number of carbonyl (C=O) groups is 1. The van der Waals surface area contributed by atoms with Gasteiger partial charge in [-0.05, 0) is 77.0 Å². The van der Waals surface area contributed by atoms with Gasteiger partial charge in [0.05, 0.1) is 9.83 Å². The van der Waals surface area contributed by atoms with Crippen molar-refractivity contribution >= 4 is 61.2 Å². The van der Waals surface area contributed by atoms with E-state index in [4.69, 9.17) is 20.7 Å². The molecule has 152 valence electrons. The van der Waals surface area contributed by atoms with Crippen LogP contribution in [0.15, 0.2) is 47.1 Å².